The van der Waals surface area contributed by atoms with Crippen molar-refractivity contribution >= 4 is 29.1 Å². The molecule has 3 amide bonds. The van der Waals surface area contributed by atoms with Crippen molar-refractivity contribution < 1.29 is 14.4 Å². The average Bonchev–Trinajstić information content (AvgIpc) is 3.49. The van der Waals surface area contributed by atoms with Crippen molar-refractivity contribution in [2.45, 2.75) is 71.4 Å². The second-order valence-corrected chi connectivity index (χ2v) is 12.7. The summed E-state index contributed by atoms with van der Waals surface area (Å²) in [5.41, 5.74) is 7.56. The number of nitrogens with two attached hydrogens (primary N) is 1. The fourth-order valence-electron chi connectivity index (χ4n) is 6.03. The first-order chi connectivity index (χ1) is 18.8. The summed E-state index contributed by atoms with van der Waals surface area (Å²) in [6.07, 6.45) is 5.44. The largest absolute Gasteiger partial charge is 0.354 e. The van der Waals surface area contributed by atoms with E-state index in [4.69, 9.17) is 5.73 Å². The van der Waals surface area contributed by atoms with Gasteiger partial charge in [-0.2, -0.15) is 0 Å². The molecule has 2 aliphatic rings. The summed E-state index contributed by atoms with van der Waals surface area (Å²) in [5, 5.41) is 5.08. The first-order valence-electron chi connectivity index (χ1n) is 14.5. The summed E-state index contributed by atoms with van der Waals surface area (Å²) >= 11 is 1.40. The summed E-state index contributed by atoms with van der Waals surface area (Å²) in [5.74, 6) is 1.09. The minimum Gasteiger partial charge on any atom is -0.354 e. The molecule has 1 aromatic heterocycles. The van der Waals surface area contributed by atoms with Crippen LogP contribution in [0.25, 0.3) is 0 Å². The second-order valence-electron chi connectivity index (χ2n) is 11.8. The maximum absolute atomic E-state index is 13.7. The molecule has 1 saturated heterocycles. The van der Waals surface area contributed by atoms with Gasteiger partial charge in [0.1, 0.15) is 6.04 Å². The van der Waals surface area contributed by atoms with Crippen LogP contribution in [0.15, 0.2) is 41.8 Å². The molecule has 4 rings (SSSR count). The number of amides is 3. The molecule has 1 unspecified atom stereocenters. The monoisotopic (exact) mass is 552 g/mol. The van der Waals surface area contributed by atoms with Gasteiger partial charge in [0.25, 0.3) is 11.8 Å². The third kappa shape index (κ3) is 7.48. The minimum absolute atomic E-state index is 0.00810. The van der Waals surface area contributed by atoms with Crippen LogP contribution in [-0.4, -0.2) is 65.8 Å². The summed E-state index contributed by atoms with van der Waals surface area (Å²) < 4.78 is 0. The maximum Gasteiger partial charge on any atom is 0.264 e. The van der Waals surface area contributed by atoms with Gasteiger partial charge in [0.2, 0.25) is 5.91 Å². The smallest absolute Gasteiger partial charge is 0.264 e. The zero-order chi connectivity index (χ0) is 27.9. The van der Waals surface area contributed by atoms with E-state index in [2.05, 4.69) is 19.2 Å². The van der Waals surface area contributed by atoms with Crippen molar-refractivity contribution in [3.05, 3.63) is 57.8 Å². The number of aryl methyl sites for hydroxylation is 1. The Balaban J connectivity index is 1.52. The fraction of sp³-hybridized carbons (Fsp3) is 0.581. The van der Waals surface area contributed by atoms with Gasteiger partial charge < -0.3 is 20.9 Å². The van der Waals surface area contributed by atoms with E-state index >= 15 is 0 Å². The Morgan fingerprint density at radius 3 is 2.46 bits per heavy atom. The summed E-state index contributed by atoms with van der Waals surface area (Å²) in [4.78, 5) is 45.2. The lowest BCUT2D eigenvalue weighted by atomic mass is 9.82. The minimum atomic E-state index is -0.612. The van der Waals surface area contributed by atoms with Crippen LogP contribution in [0.3, 0.4) is 0 Å². The molecule has 0 radical (unpaired) electrons. The van der Waals surface area contributed by atoms with Crippen LogP contribution in [-0.2, 0) is 4.79 Å². The SMILES string of the molecule is Cc1cccc(C(=O)N(CC(C)C)C2CCN(C(=O)c3cccs3)[C@@H](C(=O)NCC3CCC(CN)CC3)C2)c1. The number of hydrogen-bond donors (Lipinski definition) is 2. The predicted molar refractivity (Wildman–Crippen MR) is 157 cm³/mol. The highest BCUT2D eigenvalue weighted by Gasteiger charge is 2.40. The van der Waals surface area contributed by atoms with E-state index in [1.54, 1.807) is 4.90 Å². The van der Waals surface area contributed by atoms with Crippen LogP contribution < -0.4 is 11.1 Å². The molecule has 212 valence electrons. The summed E-state index contributed by atoms with van der Waals surface area (Å²) in [7, 11) is 0. The van der Waals surface area contributed by atoms with Crippen LogP contribution >= 0.6 is 11.3 Å². The second kappa shape index (κ2) is 13.6. The molecule has 2 atom stereocenters. The molecule has 39 heavy (non-hydrogen) atoms. The number of nitrogens with zero attached hydrogens (tertiary/aromatic N) is 2. The van der Waals surface area contributed by atoms with Crippen molar-refractivity contribution in [1.82, 2.24) is 15.1 Å². The van der Waals surface area contributed by atoms with Gasteiger partial charge in [-0.1, -0.05) is 37.6 Å². The van der Waals surface area contributed by atoms with Gasteiger partial charge in [-0.3, -0.25) is 14.4 Å². The Morgan fingerprint density at radius 2 is 1.82 bits per heavy atom. The van der Waals surface area contributed by atoms with Gasteiger partial charge >= 0.3 is 0 Å². The van der Waals surface area contributed by atoms with Crippen molar-refractivity contribution in [1.29, 1.82) is 0 Å². The van der Waals surface area contributed by atoms with Gasteiger partial charge in [0.15, 0.2) is 0 Å². The van der Waals surface area contributed by atoms with E-state index in [0.717, 1.165) is 37.8 Å². The number of hydrogen-bond acceptors (Lipinski definition) is 5. The van der Waals surface area contributed by atoms with Crippen molar-refractivity contribution in [3.8, 4) is 0 Å². The zero-order valence-corrected chi connectivity index (χ0v) is 24.4. The number of thiophene rings is 1. The molecule has 2 fully saturated rings. The first-order valence-corrected chi connectivity index (χ1v) is 15.3. The molecule has 1 aliphatic carbocycles. The molecule has 1 aliphatic heterocycles. The lowest BCUT2D eigenvalue weighted by molar-refractivity contribution is -0.127. The fourth-order valence-corrected chi connectivity index (χ4v) is 6.71. The molecule has 1 saturated carbocycles. The van der Waals surface area contributed by atoms with E-state index in [9.17, 15) is 14.4 Å². The topological polar surface area (TPSA) is 95.7 Å². The number of rotatable bonds is 9. The van der Waals surface area contributed by atoms with E-state index in [-0.39, 0.29) is 29.7 Å². The Labute approximate surface area is 237 Å². The summed E-state index contributed by atoms with van der Waals surface area (Å²) in [6, 6.07) is 10.6. The zero-order valence-electron chi connectivity index (χ0n) is 23.6. The number of likely N-dealkylation sites (tertiary alicyclic amines) is 1. The molecule has 7 nitrogen and oxygen atoms in total. The van der Waals surface area contributed by atoms with Crippen molar-refractivity contribution in [3.63, 3.8) is 0 Å². The van der Waals surface area contributed by atoms with Gasteiger partial charge in [-0.05, 0) is 93.3 Å². The highest BCUT2D eigenvalue weighted by atomic mass is 32.1. The van der Waals surface area contributed by atoms with E-state index in [1.165, 1.54) is 11.3 Å². The van der Waals surface area contributed by atoms with Gasteiger partial charge in [0, 0.05) is 31.2 Å². The van der Waals surface area contributed by atoms with Crippen LogP contribution in [0.5, 0.6) is 0 Å². The van der Waals surface area contributed by atoms with Crippen molar-refractivity contribution in [2.75, 3.05) is 26.2 Å². The standard InChI is InChI=1S/C31H44N4O3S/c1-21(2)20-35(30(37)25-7-4-6-22(3)16-25)26-13-14-34(31(38)28-8-5-15-39-28)27(17-26)29(36)33-19-24-11-9-23(18-32)10-12-24/h4-8,15-16,21,23-24,26-27H,9-14,17-20,32H2,1-3H3,(H,33,36)/t23?,24?,26?,27-/m1/s1. The first kappa shape index (κ1) is 29.3. The molecule has 0 bridgehead atoms. The van der Waals surface area contributed by atoms with E-state index in [1.807, 2.05) is 53.6 Å². The van der Waals surface area contributed by atoms with Crippen LogP contribution in [0.2, 0.25) is 0 Å². The van der Waals surface area contributed by atoms with E-state index in [0.29, 0.717) is 54.8 Å². The van der Waals surface area contributed by atoms with E-state index < -0.39 is 6.04 Å². The maximum atomic E-state index is 13.7. The number of nitrogens with one attached hydrogen (secondary N) is 1. The lowest BCUT2D eigenvalue weighted by Gasteiger charge is -2.43. The molecule has 3 N–H and O–H groups in total. The molecule has 2 heterocycles. The Hall–Kier alpha value is -2.71. The normalized spacial score (nSPS) is 23.5. The molecular weight excluding hydrogens is 508 g/mol. The third-order valence-corrected chi connectivity index (χ3v) is 9.12. The molecular formula is C31H44N4O3S. The predicted octanol–water partition coefficient (Wildman–Crippen LogP) is 4.71. The highest BCUT2D eigenvalue weighted by Crippen LogP contribution is 2.29. The van der Waals surface area contributed by atoms with Crippen LogP contribution in [0.4, 0.5) is 0 Å². The van der Waals surface area contributed by atoms with Gasteiger partial charge in [-0.15, -0.1) is 11.3 Å². The average molecular weight is 553 g/mol. The number of piperidine rings is 1. The number of carbonyl (C=O) groups excluding carboxylic acids is 3. The van der Waals surface area contributed by atoms with Gasteiger partial charge in [-0.25, -0.2) is 0 Å². The molecule has 8 heteroatoms. The molecule has 0 spiro atoms. The van der Waals surface area contributed by atoms with Crippen LogP contribution in [0, 0.1) is 24.7 Å². The Kier molecular flexibility index (Phi) is 10.2. The quantitative estimate of drug-likeness (QED) is 0.471. The Bertz CT molecular complexity index is 1110. The highest BCUT2D eigenvalue weighted by molar-refractivity contribution is 7.12. The lowest BCUT2D eigenvalue weighted by Crippen LogP contribution is -2.58. The molecule has 1 aromatic carbocycles. The Morgan fingerprint density at radius 1 is 1.08 bits per heavy atom. The van der Waals surface area contributed by atoms with Crippen molar-refractivity contribution in [2.24, 2.45) is 23.5 Å². The molecule has 2 aromatic rings. The van der Waals surface area contributed by atoms with Crippen LogP contribution in [0.1, 0.15) is 78.0 Å². The van der Waals surface area contributed by atoms with Gasteiger partial charge in [0.05, 0.1) is 4.88 Å². The number of carbonyl (C=O) groups is 3. The summed E-state index contributed by atoms with van der Waals surface area (Å²) in [6.45, 7) is 8.60. The number of benzene rings is 1. The third-order valence-electron chi connectivity index (χ3n) is 8.26.